The van der Waals surface area contributed by atoms with Crippen LogP contribution in [0.3, 0.4) is 0 Å². The van der Waals surface area contributed by atoms with E-state index in [2.05, 4.69) is 6.92 Å². The van der Waals surface area contributed by atoms with Gasteiger partial charge in [-0.05, 0) is 24.1 Å². The lowest BCUT2D eigenvalue weighted by atomic mass is 10.1. The zero-order valence-electron chi connectivity index (χ0n) is 11.6. The largest absolute Gasteiger partial charge is 0.496 e. The Morgan fingerprint density at radius 3 is 2.58 bits per heavy atom. The first-order valence-electron chi connectivity index (χ1n) is 6.35. The summed E-state index contributed by atoms with van der Waals surface area (Å²) < 4.78 is 16.0. The van der Waals surface area contributed by atoms with Crippen LogP contribution in [-0.2, 0) is 16.1 Å². The third-order valence-corrected chi connectivity index (χ3v) is 2.54. The molecular weight excluding hydrogens is 244 g/mol. The van der Waals surface area contributed by atoms with Gasteiger partial charge in [0.15, 0.2) is 0 Å². The van der Waals surface area contributed by atoms with E-state index in [1.807, 2.05) is 12.1 Å². The number of amidine groups is 1. The standard InChI is InChI=1S/C14H22N2O3/c1-3-6-18-7-8-19-10-11-4-5-13(17-2)12(9-11)14(15)16/h4-5,9H,3,6-8,10H2,1-2H3,(H3,15,16). The van der Waals surface area contributed by atoms with Crippen LogP contribution in [0, 0.1) is 5.41 Å². The van der Waals surface area contributed by atoms with Gasteiger partial charge in [-0.1, -0.05) is 13.0 Å². The zero-order valence-corrected chi connectivity index (χ0v) is 11.6. The number of hydrogen-bond donors (Lipinski definition) is 2. The third kappa shape index (κ3) is 5.28. The van der Waals surface area contributed by atoms with E-state index in [0.29, 0.717) is 31.1 Å². The predicted octanol–water partition coefficient (Wildman–Crippen LogP) is 1.92. The van der Waals surface area contributed by atoms with Crippen LogP contribution in [0.25, 0.3) is 0 Å². The first-order valence-corrected chi connectivity index (χ1v) is 6.35. The predicted molar refractivity (Wildman–Crippen MR) is 74.8 cm³/mol. The summed E-state index contributed by atoms with van der Waals surface area (Å²) in [5.74, 6) is 0.590. The van der Waals surface area contributed by atoms with Crippen molar-refractivity contribution < 1.29 is 14.2 Å². The normalized spacial score (nSPS) is 10.4. The number of nitrogens with two attached hydrogens (primary N) is 1. The number of benzene rings is 1. The molecule has 3 N–H and O–H groups in total. The molecule has 106 valence electrons. The maximum atomic E-state index is 7.50. The minimum Gasteiger partial charge on any atom is -0.496 e. The fraction of sp³-hybridized carbons (Fsp3) is 0.500. The van der Waals surface area contributed by atoms with E-state index in [1.54, 1.807) is 13.2 Å². The van der Waals surface area contributed by atoms with E-state index >= 15 is 0 Å². The molecular formula is C14H22N2O3. The molecule has 0 radical (unpaired) electrons. The molecule has 0 aliphatic heterocycles. The highest BCUT2D eigenvalue weighted by Gasteiger charge is 2.07. The summed E-state index contributed by atoms with van der Waals surface area (Å²) in [4.78, 5) is 0. The van der Waals surface area contributed by atoms with Crippen LogP contribution in [0.1, 0.15) is 24.5 Å². The van der Waals surface area contributed by atoms with Crippen LogP contribution in [0.2, 0.25) is 0 Å². The van der Waals surface area contributed by atoms with Crippen LogP contribution >= 0.6 is 0 Å². The highest BCUT2D eigenvalue weighted by Crippen LogP contribution is 2.19. The molecule has 0 saturated carbocycles. The van der Waals surface area contributed by atoms with Crippen LogP contribution in [0.15, 0.2) is 18.2 Å². The fourth-order valence-corrected chi connectivity index (χ4v) is 1.61. The van der Waals surface area contributed by atoms with E-state index in [1.165, 1.54) is 0 Å². The summed E-state index contributed by atoms with van der Waals surface area (Å²) in [6, 6.07) is 5.51. The molecule has 5 heteroatoms. The van der Waals surface area contributed by atoms with Gasteiger partial charge >= 0.3 is 0 Å². The number of methoxy groups -OCH3 is 1. The molecule has 0 aliphatic rings. The number of nitrogen functional groups attached to an aromatic ring is 1. The van der Waals surface area contributed by atoms with E-state index in [9.17, 15) is 0 Å². The summed E-state index contributed by atoms with van der Waals surface area (Å²) in [6.45, 7) is 4.46. The first-order chi connectivity index (χ1) is 9.19. The Morgan fingerprint density at radius 2 is 1.95 bits per heavy atom. The summed E-state index contributed by atoms with van der Waals surface area (Å²) >= 11 is 0. The smallest absolute Gasteiger partial charge is 0.129 e. The third-order valence-electron chi connectivity index (χ3n) is 2.54. The maximum absolute atomic E-state index is 7.50. The Hall–Kier alpha value is -1.59. The molecule has 0 aromatic heterocycles. The number of nitrogens with one attached hydrogen (secondary N) is 1. The second-order valence-electron chi connectivity index (χ2n) is 4.11. The molecule has 1 aromatic rings. The van der Waals surface area contributed by atoms with Crippen LogP contribution in [-0.4, -0.2) is 32.8 Å². The molecule has 0 saturated heterocycles. The van der Waals surface area contributed by atoms with Gasteiger partial charge in [-0.15, -0.1) is 0 Å². The minimum atomic E-state index is -0.00928. The Kier molecular flexibility index (Phi) is 6.92. The SMILES string of the molecule is CCCOCCOCc1ccc(OC)c(C(=N)N)c1. The number of ether oxygens (including phenoxy) is 3. The second kappa shape index (κ2) is 8.50. The average Bonchev–Trinajstić information content (AvgIpc) is 2.42. The van der Waals surface area contributed by atoms with Crippen molar-refractivity contribution in [3.05, 3.63) is 29.3 Å². The number of hydrogen-bond acceptors (Lipinski definition) is 4. The Bertz CT molecular complexity index is 408. The maximum Gasteiger partial charge on any atom is 0.129 e. The molecule has 1 aromatic carbocycles. The molecule has 1 rings (SSSR count). The molecule has 0 bridgehead atoms. The van der Waals surface area contributed by atoms with E-state index in [0.717, 1.165) is 18.6 Å². The van der Waals surface area contributed by atoms with Crippen molar-refractivity contribution in [3.8, 4) is 5.75 Å². The lowest BCUT2D eigenvalue weighted by molar-refractivity contribution is 0.0408. The molecule has 0 fully saturated rings. The van der Waals surface area contributed by atoms with Crippen molar-refractivity contribution in [1.82, 2.24) is 0 Å². The topological polar surface area (TPSA) is 77.6 Å². The zero-order chi connectivity index (χ0) is 14.1. The highest BCUT2D eigenvalue weighted by molar-refractivity contribution is 5.97. The van der Waals surface area contributed by atoms with Gasteiger partial charge in [0.25, 0.3) is 0 Å². The van der Waals surface area contributed by atoms with Gasteiger partial charge < -0.3 is 19.9 Å². The quantitative estimate of drug-likeness (QED) is 0.406. The van der Waals surface area contributed by atoms with Crippen LogP contribution < -0.4 is 10.5 Å². The highest BCUT2D eigenvalue weighted by atomic mass is 16.5. The van der Waals surface area contributed by atoms with Crippen molar-refractivity contribution in [1.29, 1.82) is 5.41 Å². The second-order valence-corrected chi connectivity index (χ2v) is 4.11. The van der Waals surface area contributed by atoms with Gasteiger partial charge in [0, 0.05) is 6.61 Å². The van der Waals surface area contributed by atoms with E-state index in [-0.39, 0.29) is 5.84 Å². The van der Waals surface area contributed by atoms with Crippen molar-refractivity contribution in [2.75, 3.05) is 26.9 Å². The summed E-state index contributed by atoms with van der Waals surface area (Å²) in [5.41, 5.74) is 7.06. The molecule has 0 heterocycles. The van der Waals surface area contributed by atoms with E-state index in [4.69, 9.17) is 25.4 Å². The Morgan fingerprint density at radius 1 is 1.21 bits per heavy atom. The van der Waals surface area contributed by atoms with Gasteiger partial charge in [-0.2, -0.15) is 0 Å². The molecule has 0 atom stereocenters. The van der Waals surface area contributed by atoms with Gasteiger partial charge in [0.2, 0.25) is 0 Å². The summed E-state index contributed by atoms with van der Waals surface area (Å²) in [5, 5.41) is 7.50. The lowest BCUT2D eigenvalue weighted by Gasteiger charge is -2.10. The van der Waals surface area contributed by atoms with Crippen LogP contribution in [0.4, 0.5) is 0 Å². The van der Waals surface area contributed by atoms with Gasteiger partial charge in [0.05, 0.1) is 32.5 Å². The monoisotopic (exact) mass is 266 g/mol. The molecule has 5 nitrogen and oxygen atoms in total. The summed E-state index contributed by atoms with van der Waals surface area (Å²) in [6.07, 6.45) is 1.01. The van der Waals surface area contributed by atoms with Gasteiger partial charge in [-0.3, -0.25) is 5.41 Å². The minimum absolute atomic E-state index is 0.00928. The van der Waals surface area contributed by atoms with E-state index < -0.39 is 0 Å². The van der Waals surface area contributed by atoms with Crippen LogP contribution in [0.5, 0.6) is 5.75 Å². The molecule has 19 heavy (non-hydrogen) atoms. The molecule has 0 amide bonds. The van der Waals surface area contributed by atoms with Gasteiger partial charge in [0.1, 0.15) is 11.6 Å². The van der Waals surface area contributed by atoms with Crippen molar-refractivity contribution in [2.24, 2.45) is 5.73 Å². The molecule has 0 aliphatic carbocycles. The Labute approximate surface area is 114 Å². The Balaban J connectivity index is 2.46. The number of rotatable bonds is 9. The first kappa shape index (κ1) is 15.5. The lowest BCUT2D eigenvalue weighted by Crippen LogP contribution is -2.13. The summed E-state index contributed by atoms with van der Waals surface area (Å²) in [7, 11) is 1.56. The van der Waals surface area contributed by atoms with Crippen molar-refractivity contribution >= 4 is 5.84 Å². The average molecular weight is 266 g/mol. The molecule has 0 unspecified atom stereocenters. The van der Waals surface area contributed by atoms with Crippen molar-refractivity contribution in [3.63, 3.8) is 0 Å². The van der Waals surface area contributed by atoms with Crippen molar-refractivity contribution in [2.45, 2.75) is 20.0 Å². The molecule has 0 spiro atoms. The van der Waals surface area contributed by atoms with Gasteiger partial charge in [-0.25, -0.2) is 0 Å². The fourth-order valence-electron chi connectivity index (χ4n) is 1.61.